The molecule has 0 aromatic carbocycles. The van der Waals surface area contributed by atoms with Gasteiger partial charge in [-0.1, -0.05) is 6.08 Å². The number of Topliss-reactive ketones (excluding diaryl/α,β-unsaturated/α-hetero) is 1. The van der Waals surface area contributed by atoms with Crippen LogP contribution in [0.3, 0.4) is 0 Å². The maximum atomic E-state index is 10.3. The number of nitrogens with zero attached hydrogens (tertiary/aromatic N) is 1. The van der Waals surface area contributed by atoms with Crippen molar-refractivity contribution >= 4 is 5.78 Å². The van der Waals surface area contributed by atoms with Gasteiger partial charge in [0.15, 0.2) is 0 Å². The van der Waals surface area contributed by atoms with E-state index in [0.717, 1.165) is 0 Å². The van der Waals surface area contributed by atoms with Crippen LogP contribution in [0.5, 0.6) is 0 Å². The lowest BCUT2D eigenvalue weighted by Gasteiger charge is -1.83. The molecule has 0 unspecified atom stereocenters. The minimum absolute atomic E-state index is 0.0876. The Hall–Kier alpha value is -1.10. The van der Waals surface area contributed by atoms with Crippen LogP contribution < -0.4 is 0 Å². The van der Waals surface area contributed by atoms with E-state index >= 15 is 0 Å². The van der Waals surface area contributed by atoms with Crippen molar-refractivity contribution in [2.45, 2.75) is 20.3 Å². The number of nitriles is 1. The van der Waals surface area contributed by atoms with Crippen LogP contribution in [-0.4, -0.2) is 5.78 Å². The van der Waals surface area contributed by atoms with Gasteiger partial charge in [0.2, 0.25) is 0 Å². The smallest absolute Gasteiger partial charge is 0.133 e. The summed E-state index contributed by atoms with van der Waals surface area (Å²) in [5.41, 5.74) is 0.602. The van der Waals surface area contributed by atoms with Gasteiger partial charge in [0, 0.05) is 12.0 Å². The molecule has 0 aliphatic heterocycles. The molecule has 9 heavy (non-hydrogen) atoms. The van der Waals surface area contributed by atoms with Crippen molar-refractivity contribution in [3.05, 3.63) is 11.6 Å². The monoisotopic (exact) mass is 123 g/mol. The van der Waals surface area contributed by atoms with Crippen molar-refractivity contribution in [3.8, 4) is 6.07 Å². The number of hydrogen-bond acceptors (Lipinski definition) is 2. The van der Waals surface area contributed by atoms with Gasteiger partial charge < -0.3 is 0 Å². The summed E-state index contributed by atoms with van der Waals surface area (Å²) in [4.78, 5) is 10.3. The molecule has 0 aliphatic carbocycles. The Balaban J connectivity index is 3.74. The maximum Gasteiger partial charge on any atom is 0.133 e. The Morgan fingerprint density at radius 2 is 2.22 bits per heavy atom. The summed E-state index contributed by atoms with van der Waals surface area (Å²) in [6.07, 6.45) is 2.00. The summed E-state index contributed by atoms with van der Waals surface area (Å²) >= 11 is 0. The number of rotatable bonds is 2. The first-order chi connectivity index (χ1) is 4.16. The third-order valence-electron chi connectivity index (χ3n) is 0.872. The molecule has 0 N–H and O–H groups in total. The molecule has 2 heteroatoms. The molecular formula is C7H9NO. The lowest BCUT2D eigenvalue weighted by Crippen LogP contribution is -1.85. The van der Waals surface area contributed by atoms with Crippen LogP contribution in [-0.2, 0) is 4.79 Å². The molecule has 48 valence electrons. The molecule has 0 bridgehead atoms. The fourth-order valence-electron chi connectivity index (χ4n) is 0.342. The van der Waals surface area contributed by atoms with Crippen LogP contribution in [0.15, 0.2) is 11.6 Å². The number of carbonyl (C=O) groups excluding carboxylic acids is 1. The van der Waals surface area contributed by atoms with Gasteiger partial charge in [0.25, 0.3) is 0 Å². The Bertz CT molecular complexity index is 174. The first kappa shape index (κ1) is 7.90. The zero-order valence-corrected chi connectivity index (χ0v) is 5.64. The summed E-state index contributed by atoms with van der Waals surface area (Å²) < 4.78 is 0. The van der Waals surface area contributed by atoms with E-state index in [4.69, 9.17) is 5.26 Å². The van der Waals surface area contributed by atoms with Crippen LogP contribution in [0.25, 0.3) is 0 Å². The quantitative estimate of drug-likeness (QED) is 0.521. The zero-order chi connectivity index (χ0) is 7.28. The first-order valence-corrected chi connectivity index (χ1v) is 2.73. The Morgan fingerprint density at radius 1 is 1.67 bits per heavy atom. The molecule has 0 fully saturated rings. The normalized spacial score (nSPS) is 10.6. The van der Waals surface area contributed by atoms with Gasteiger partial charge >= 0.3 is 0 Å². The van der Waals surface area contributed by atoms with Gasteiger partial charge in [0.1, 0.15) is 5.78 Å². The van der Waals surface area contributed by atoms with Gasteiger partial charge in [-0.15, -0.1) is 0 Å². The molecule has 0 rings (SSSR count). The molecule has 2 nitrogen and oxygen atoms in total. The molecule has 0 heterocycles. The van der Waals surface area contributed by atoms with E-state index in [2.05, 4.69) is 0 Å². The molecule has 0 amide bonds. The summed E-state index contributed by atoms with van der Waals surface area (Å²) in [5, 5.41) is 8.22. The van der Waals surface area contributed by atoms with Crippen molar-refractivity contribution in [2.24, 2.45) is 0 Å². The van der Waals surface area contributed by atoms with Gasteiger partial charge in [-0.2, -0.15) is 5.26 Å². The van der Waals surface area contributed by atoms with E-state index in [-0.39, 0.29) is 5.78 Å². The molecule has 0 aromatic heterocycles. The van der Waals surface area contributed by atoms with Crippen LogP contribution >= 0.6 is 0 Å². The fourth-order valence-corrected chi connectivity index (χ4v) is 0.342. The summed E-state index contributed by atoms with van der Waals surface area (Å²) in [6, 6.07) is 1.93. The lowest BCUT2D eigenvalue weighted by atomic mass is 10.2. The minimum atomic E-state index is 0.0876. The largest absolute Gasteiger partial charge is 0.300 e. The molecule has 0 spiro atoms. The molecule has 0 aromatic rings. The van der Waals surface area contributed by atoms with E-state index < -0.39 is 0 Å². The Kier molecular flexibility index (Phi) is 3.38. The average Bonchev–Trinajstić information content (AvgIpc) is 1.83. The zero-order valence-electron chi connectivity index (χ0n) is 5.64. The first-order valence-electron chi connectivity index (χ1n) is 2.73. The molecule has 0 aliphatic rings. The minimum Gasteiger partial charge on any atom is -0.300 e. The topological polar surface area (TPSA) is 40.9 Å². The van der Waals surface area contributed by atoms with Gasteiger partial charge in [-0.05, 0) is 13.8 Å². The third kappa shape index (κ3) is 4.76. The van der Waals surface area contributed by atoms with Crippen LogP contribution in [0.4, 0.5) is 0 Å². The number of carbonyl (C=O) groups is 1. The molecular weight excluding hydrogens is 114 g/mol. The van der Waals surface area contributed by atoms with Gasteiger partial charge in [-0.3, -0.25) is 4.79 Å². The second kappa shape index (κ2) is 3.85. The van der Waals surface area contributed by atoms with E-state index in [1.165, 1.54) is 6.92 Å². The predicted molar refractivity (Wildman–Crippen MR) is 34.7 cm³/mol. The van der Waals surface area contributed by atoms with Crippen LogP contribution in [0.2, 0.25) is 0 Å². The molecule has 0 saturated carbocycles. The Labute approximate surface area is 54.8 Å². The predicted octanol–water partition coefficient (Wildman–Crippen LogP) is 1.44. The van der Waals surface area contributed by atoms with Crippen LogP contribution in [0.1, 0.15) is 20.3 Å². The van der Waals surface area contributed by atoms with E-state index in [9.17, 15) is 4.79 Å². The highest BCUT2D eigenvalue weighted by atomic mass is 16.1. The molecule has 0 radical (unpaired) electrons. The highest BCUT2D eigenvalue weighted by Gasteiger charge is 1.87. The summed E-state index contributed by atoms with van der Waals surface area (Å²) in [7, 11) is 0. The Morgan fingerprint density at radius 3 is 2.56 bits per heavy atom. The van der Waals surface area contributed by atoms with E-state index in [1.54, 1.807) is 13.0 Å². The molecule has 0 atom stereocenters. The van der Waals surface area contributed by atoms with Gasteiger partial charge in [-0.25, -0.2) is 0 Å². The highest BCUT2D eigenvalue weighted by molar-refractivity contribution is 5.77. The van der Waals surface area contributed by atoms with Crippen molar-refractivity contribution in [1.82, 2.24) is 0 Å². The van der Waals surface area contributed by atoms with Crippen molar-refractivity contribution < 1.29 is 4.79 Å². The second-order valence-electron chi connectivity index (χ2n) is 1.91. The van der Waals surface area contributed by atoms with Crippen molar-refractivity contribution in [3.63, 3.8) is 0 Å². The van der Waals surface area contributed by atoms with E-state index in [0.29, 0.717) is 12.0 Å². The average molecular weight is 123 g/mol. The number of hydrogen-bond donors (Lipinski definition) is 0. The maximum absolute atomic E-state index is 10.3. The van der Waals surface area contributed by atoms with Crippen molar-refractivity contribution in [2.75, 3.05) is 0 Å². The molecule has 0 saturated heterocycles. The third-order valence-corrected chi connectivity index (χ3v) is 0.872. The second-order valence-corrected chi connectivity index (χ2v) is 1.91. The SMILES string of the molecule is CC(=O)C/C=C(\C)C#N. The fraction of sp³-hybridized carbons (Fsp3) is 0.429. The van der Waals surface area contributed by atoms with E-state index in [1.807, 2.05) is 6.07 Å². The summed E-state index contributed by atoms with van der Waals surface area (Å²) in [6.45, 7) is 3.18. The lowest BCUT2D eigenvalue weighted by molar-refractivity contribution is -0.116. The van der Waals surface area contributed by atoms with Crippen LogP contribution in [0, 0.1) is 11.3 Å². The number of ketones is 1. The van der Waals surface area contributed by atoms with Crippen molar-refractivity contribution in [1.29, 1.82) is 5.26 Å². The van der Waals surface area contributed by atoms with Gasteiger partial charge in [0.05, 0.1) is 6.07 Å². The number of allylic oxidation sites excluding steroid dienone is 2. The summed E-state index contributed by atoms with van der Waals surface area (Å²) in [5.74, 6) is 0.0876. The standard InChI is InChI=1S/C7H9NO/c1-6(5-8)3-4-7(2)9/h3H,4H2,1-2H3/b6-3+. The highest BCUT2D eigenvalue weighted by Crippen LogP contribution is 1.92.